The van der Waals surface area contributed by atoms with Gasteiger partial charge in [-0.05, 0) is 0 Å². The first kappa shape index (κ1) is 10.5. The molecule has 2 rings (SSSR count). The van der Waals surface area contributed by atoms with Crippen molar-refractivity contribution in [2.24, 2.45) is 0 Å². The number of hydrogen-bond donors (Lipinski definition) is 2. The zero-order valence-electron chi connectivity index (χ0n) is 8.22. The molecule has 6 heteroatoms. The van der Waals surface area contributed by atoms with Crippen molar-refractivity contribution in [2.75, 3.05) is 19.6 Å². The number of aliphatic carboxylic acids is 1. The van der Waals surface area contributed by atoms with Gasteiger partial charge in [-0.3, -0.25) is 14.7 Å². The first-order chi connectivity index (χ1) is 7.27. The predicted molar refractivity (Wildman–Crippen MR) is 56.8 cm³/mol. The second kappa shape index (κ2) is 4.69. The number of thiazole rings is 1. The number of carbonyl (C=O) groups is 1. The van der Waals surface area contributed by atoms with Crippen LogP contribution in [0, 0.1) is 0 Å². The fraction of sp³-hybridized carbons (Fsp3) is 0.556. The lowest BCUT2D eigenvalue weighted by molar-refractivity contribution is -0.144. The molecule has 1 fully saturated rings. The van der Waals surface area contributed by atoms with E-state index in [1.807, 2.05) is 4.90 Å². The third kappa shape index (κ3) is 2.53. The first-order valence-electron chi connectivity index (χ1n) is 4.82. The van der Waals surface area contributed by atoms with Crippen molar-refractivity contribution in [1.82, 2.24) is 15.2 Å². The molecule has 0 saturated carbocycles. The second-order valence-electron chi connectivity index (χ2n) is 3.50. The van der Waals surface area contributed by atoms with Crippen LogP contribution in [-0.2, 0) is 11.3 Å². The Morgan fingerprint density at radius 1 is 1.80 bits per heavy atom. The Hall–Kier alpha value is -0.980. The van der Waals surface area contributed by atoms with Crippen molar-refractivity contribution < 1.29 is 9.90 Å². The van der Waals surface area contributed by atoms with Crippen LogP contribution in [0.15, 0.2) is 11.7 Å². The van der Waals surface area contributed by atoms with Crippen molar-refractivity contribution in [3.63, 3.8) is 0 Å². The molecular weight excluding hydrogens is 214 g/mol. The molecule has 0 amide bonds. The third-order valence-corrected chi connectivity index (χ3v) is 3.25. The van der Waals surface area contributed by atoms with E-state index >= 15 is 0 Å². The highest BCUT2D eigenvalue weighted by Gasteiger charge is 2.28. The van der Waals surface area contributed by atoms with Crippen LogP contribution in [0.1, 0.15) is 4.88 Å². The second-order valence-corrected chi connectivity index (χ2v) is 4.47. The summed E-state index contributed by atoms with van der Waals surface area (Å²) in [6.07, 6.45) is 1.80. The van der Waals surface area contributed by atoms with Gasteiger partial charge in [-0.2, -0.15) is 0 Å². The Morgan fingerprint density at radius 3 is 3.33 bits per heavy atom. The van der Waals surface area contributed by atoms with Crippen molar-refractivity contribution >= 4 is 17.3 Å². The normalized spacial score (nSPS) is 22.8. The topological polar surface area (TPSA) is 65.5 Å². The summed E-state index contributed by atoms with van der Waals surface area (Å²) in [5, 5.41) is 12.1. The van der Waals surface area contributed by atoms with Crippen LogP contribution >= 0.6 is 11.3 Å². The highest BCUT2D eigenvalue weighted by atomic mass is 32.1. The van der Waals surface area contributed by atoms with Gasteiger partial charge in [0, 0.05) is 37.3 Å². The maximum absolute atomic E-state index is 11.0. The van der Waals surface area contributed by atoms with E-state index in [0.29, 0.717) is 13.1 Å². The van der Waals surface area contributed by atoms with Crippen LogP contribution in [0.5, 0.6) is 0 Å². The van der Waals surface area contributed by atoms with Crippen LogP contribution in [0.4, 0.5) is 0 Å². The molecule has 1 aliphatic heterocycles. The summed E-state index contributed by atoms with van der Waals surface area (Å²) in [4.78, 5) is 18.1. The van der Waals surface area contributed by atoms with Gasteiger partial charge in [-0.1, -0.05) is 0 Å². The molecule has 2 N–H and O–H groups in total. The van der Waals surface area contributed by atoms with E-state index < -0.39 is 12.0 Å². The van der Waals surface area contributed by atoms with Crippen LogP contribution in [-0.4, -0.2) is 46.6 Å². The molecule has 1 aliphatic rings. The molecule has 1 aromatic rings. The number of rotatable bonds is 3. The average molecular weight is 227 g/mol. The fourth-order valence-corrected chi connectivity index (χ4v) is 2.32. The van der Waals surface area contributed by atoms with Crippen LogP contribution in [0.25, 0.3) is 0 Å². The quantitative estimate of drug-likeness (QED) is 0.761. The molecule has 0 unspecified atom stereocenters. The maximum Gasteiger partial charge on any atom is 0.322 e. The number of hydrogen-bond acceptors (Lipinski definition) is 5. The van der Waals surface area contributed by atoms with E-state index in [1.54, 1.807) is 23.0 Å². The summed E-state index contributed by atoms with van der Waals surface area (Å²) < 4.78 is 0. The Labute approximate surface area is 91.7 Å². The largest absolute Gasteiger partial charge is 0.480 e. The number of nitrogens with zero attached hydrogens (tertiary/aromatic N) is 2. The summed E-state index contributed by atoms with van der Waals surface area (Å²) in [5.74, 6) is -0.758. The summed E-state index contributed by atoms with van der Waals surface area (Å²) in [6.45, 7) is 2.83. The highest BCUT2D eigenvalue weighted by molar-refractivity contribution is 7.09. The summed E-state index contributed by atoms with van der Waals surface area (Å²) in [5.41, 5.74) is 1.77. The van der Waals surface area contributed by atoms with Gasteiger partial charge in [-0.25, -0.2) is 0 Å². The van der Waals surface area contributed by atoms with Crippen molar-refractivity contribution in [3.8, 4) is 0 Å². The maximum atomic E-state index is 11.0. The van der Waals surface area contributed by atoms with Gasteiger partial charge in [0.05, 0.1) is 5.51 Å². The number of nitrogens with one attached hydrogen (secondary N) is 1. The lowest BCUT2D eigenvalue weighted by atomic mass is 10.2. The van der Waals surface area contributed by atoms with Gasteiger partial charge in [0.15, 0.2) is 0 Å². The lowest BCUT2D eigenvalue weighted by Gasteiger charge is -2.32. The van der Waals surface area contributed by atoms with E-state index in [9.17, 15) is 4.79 Å². The fourth-order valence-electron chi connectivity index (χ4n) is 1.70. The zero-order valence-corrected chi connectivity index (χ0v) is 9.04. The van der Waals surface area contributed by atoms with E-state index in [-0.39, 0.29) is 0 Å². The predicted octanol–water partition coefficient (Wildman–Crippen LogP) is 0.00150. The molecule has 1 atom stereocenters. The molecule has 1 saturated heterocycles. The average Bonchev–Trinajstić information content (AvgIpc) is 2.71. The molecule has 2 heterocycles. The molecule has 0 radical (unpaired) electrons. The Balaban J connectivity index is 2.02. The Morgan fingerprint density at radius 2 is 2.67 bits per heavy atom. The molecule has 0 aromatic carbocycles. The van der Waals surface area contributed by atoms with E-state index in [0.717, 1.165) is 18.0 Å². The summed E-state index contributed by atoms with van der Waals surface area (Å²) >= 11 is 1.56. The van der Waals surface area contributed by atoms with Crippen molar-refractivity contribution in [3.05, 3.63) is 16.6 Å². The van der Waals surface area contributed by atoms with Gasteiger partial charge >= 0.3 is 5.97 Å². The monoisotopic (exact) mass is 227 g/mol. The molecular formula is C9H13N3O2S. The number of carboxylic acids is 1. The highest BCUT2D eigenvalue weighted by Crippen LogP contribution is 2.13. The number of carboxylic acid groups (broad SMARTS) is 1. The van der Waals surface area contributed by atoms with Crippen LogP contribution in [0.3, 0.4) is 0 Å². The van der Waals surface area contributed by atoms with E-state index in [4.69, 9.17) is 5.11 Å². The lowest BCUT2D eigenvalue weighted by Crippen LogP contribution is -2.54. The minimum atomic E-state index is -0.758. The standard InChI is InChI=1S/C9H13N3O2S/c13-9(14)8-4-10-1-2-12(8)5-7-3-11-6-15-7/h3,6,8,10H,1-2,4-5H2,(H,13,14)/t8-/m1/s1. The minimum Gasteiger partial charge on any atom is -0.480 e. The molecule has 82 valence electrons. The van der Waals surface area contributed by atoms with Gasteiger partial charge in [0.1, 0.15) is 6.04 Å². The molecule has 5 nitrogen and oxygen atoms in total. The summed E-state index contributed by atoms with van der Waals surface area (Å²) in [7, 11) is 0. The number of aromatic nitrogens is 1. The van der Waals surface area contributed by atoms with Gasteiger partial charge in [0.25, 0.3) is 0 Å². The van der Waals surface area contributed by atoms with E-state index in [1.165, 1.54) is 0 Å². The van der Waals surface area contributed by atoms with Gasteiger partial charge < -0.3 is 10.4 Å². The SMILES string of the molecule is O=C(O)[C@H]1CNCCN1Cc1cncs1. The molecule has 1 aromatic heterocycles. The first-order valence-corrected chi connectivity index (χ1v) is 5.70. The molecule has 0 bridgehead atoms. The molecule has 0 spiro atoms. The minimum absolute atomic E-state index is 0.416. The van der Waals surface area contributed by atoms with Gasteiger partial charge in [0.2, 0.25) is 0 Å². The van der Waals surface area contributed by atoms with Crippen LogP contribution in [0.2, 0.25) is 0 Å². The third-order valence-electron chi connectivity index (χ3n) is 2.48. The number of piperazine rings is 1. The van der Waals surface area contributed by atoms with E-state index in [2.05, 4.69) is 10.3 Å². The Kier molecular flexibility index (Phi) is 3.30. The Bertz CT molecular complexity index is 328. The summed E-state index contributed by atoms with van der Waals surface area (Å²) in [6, 6.07) is -0.416. The zero-order chi connectivity index (χ0) is 10.7. The van der Waals surface area contributed by atoms with Crippen molar-refractivity contribution in [2.45, 2.75) is 12.6 Å². The van der Waals surface area contributed by atoms with Crippen molar-refractivity contribution in [1.29, 1.82) is 0 Å². The van der Waals surface area contributed by atoms with Gasteiger partial charge in [-0.15, -0.1) is 11.3 Å². The molecule has 0 aliphatic carbocycles. The smallest absolute Gasteiger partial charge is 0.322 e. The molecule has 15 heavy (non-hydrogen) atoms. The van der Waals surface area contributed by atoms with Crippen LogP contribution < -0.4 is 5.32 Å².